The van der Waals surface area contributed by atoms with Gasteiger partial charge in [0.1, 0.15) is 5.82 Å². The molecule has 0 saturated carbocycles. The molecule has 2 N–H and O–H groups in total. The van der Waals surface area contributed by atoms with Crippen molar-refractivity contribution in [3.8, 4) is 0 Å². The van der Waals surface area contributed by atoms with E-state index in [1.807, 2.05) is 30.3 Å². The van der Waals surface area contributed by atoms with E-state index in [2.05, 4.69) is 10.6 Å². The monoisotopic (exact) mass is 408 g/mol. The Bertz CT molecular complexity index is 992. The van der Waals surface area contributed by atoms with Crippen LogP contribution in [0.15, 0.2) is 82.6 Å². The summed E-state index contributed by atoms with van der Waals surface area (Å²) in [7, 11) is 0. The van der Waals surface area contributed by atoms with E-state index in [0.717, 1.165) is 21.8 Å². The molecular weight excluding hydrogens is 387 g/mol. The number of benzene rings is 3. The first-order chi connectivity index (χ1) is 14.0. The minimum absolute atomic E-state index is 0.203. The lowest BCUT2D eigenvalue weighted by molar-refractivity contribution is -0.114. The molecule has 0 bridgehead atoms. The summed E-state index contributed by atoms with van der Waals surface area (Å²) in [5.41, 5.74) is 2.16. The van der Waals surface area contributed by atoms with Crippen LogP contribution in [0.3, 0.4) is 0 Å². The zero-order valence-electron chi connectivity index (χ0n) is 15.9. The molecule has 3 aromatic rings. The summed E-state index contributed by atoms with van der Waals surface area (Å²) in [4.78, 5) is 25.7. The third-order valence-corrected chi connectivity index (χ3v) is 5.22. The van der Waals surface area contributed by atoms with E-state index in [4.69, 9.17) is 0 Å². The third-order valence-electron chi connectivity index (χ3n) is 4.14. The second-order valence-corrected chi connectivity index (χ2v) is 7.55. The molecule has 0 spiro atoms. The topological polar surface area (TPSA) is 58.2 Å². The number of carbonyl (C=O) groups is 2. The molecule has 0 aliphatic heterocycles. The minimum atomic E-state index is -0.307. The molecule has 0 atom stereocenters. The molecule has 0 aromatic heterocycles. The maximum Gasteiger partial charge on any atom is 0.251 e. The van der Waals surface area contributed by atoms with Crippen LogP contribution in [0, 0.1) is 5.82 Å². The van der Waals surface area contributed by atoms with Crippen LogP contribution >= 0.6 is 11.8 Å². The van der Waals surface area contributed by atoms with E-state index in [0.29, 0.717) is 17.8 Å². The van der Waals surface area contributed by atoms with E-state index < -0.39 is 0 Å². The number of hydrogen-bond acceptors (Lipinski definition) is 3. The van der Waals surface area contributed by atoms with Crippen molar-refractivity contribution in [2.24, 2.45) is 0 Å². The first-order valence-corrected chi connectivity index (χ1v) is 10.00. The molecular formula is C23H21FN2O2S. The highest BCUT2D eigenvalue weighted by molar-refractivity contribution is 7.99. The molecule has 0 aliphatic carbocycles. The van der Waals surface area contributed by atoms with Crippen molar-refractivity contribution in [3.63, 3.8) is 0 Å². The van der Waals surface area contributed by atoms with Gasteiger partial charge in [0.05, 0.1) is 5.69 Å². The summed E-state index contributed by atoms with van der Waals surface area (Å²) in [5, 5.41) is 5.67. The average Bonchev–Trinajstić information content (AvgIpc) is 2.71. The SMILES string of the molecule is CC(=O)Nc1cc(C(=O)NCCc2ccccc2)ccc1Sc1ccc(F)cc1. The van der Waals surface area contributed by atoms with Crippen LogP contribution in [0.1, 0.15) is 22.8 Å². The van der Waals surface area contributed by atoms with E-state index in [-0.39, 0.29) is 17.6 Å². The number of hydrogen-bond donors (Lipinski definition) is 2. The van der Waals surface area contributed by atoms with Crippen LogP contribution in [0.2, 0.25) is 0 Å². The maximum atomic E-state index is 13.1. The van der Waals surface area contributed by atoms with Gasteiger partial charge in [-0.25, -0.2) is 4.39 Å². The summed E-state index contributed by atoms with van der Waals surface area (Å²) in [6.07, 6.45) is 0.740. The quantitative estimate of drug-likeness (QED) is 0.584. The second kappa shape index (κ2) is 9.89. The van der Waals surface area contributed by atoms with Gasteiger partial charge in [-0.1, -0.05) is 42.1 Å². The largest absolute Gasteiger partial charge is 0.352 e. The van der Waals surface area contributed by atoms with Gasteiger partial charge in [0.15, 0.2) is 0 Å². The van der Waals surface area contributed by atoms with Crippen LogP contribution in [0.5, 0.6) is 0 Å². The van der Waals surface area contributed by atoms with Gasteiger partial charge in [-0.3, -0.25) is 9.59 Å². The fourth-order valence-electron chi connectivity index (χ4n) is 2.74. The summed E-state index contributed by atoms with van der Waals surface area (Å²) in [5.74, 6) is -0.739. The predicted molar refractivity (Wildman–Crippen MR) is 114 cm³/mol. The van der Waals surface area contributed by atoms with E-state index in [1.54, 1.807) is 30.3 Å². The Morgan fingerprint density at radius 3 is 2.38 bits per heavy atom. The lowest BCUT2D eigenvalue weighted by Gasteiger charge is -2.12. The van der Waals surface area contributed by atoms with Gasteiger partial charge >= 0.3 is 0 Å². The van der Waals surface area contributed by atoms with Crippen molar-refractivity contribution >= 4 is 29.3 Å². The van der Waals surface area contributed by atoms with Gasteiger partial charge in [0.2, 0.25) is 5.91 Å². The predicted octanol–water partition coefficient (Wildman–Crippen LogP) is 4.91. The van der Waals surface area contributed by atoms with Gasteiger partial charge in [-0.05, 0) is 54.4 Å². The molecule has 0 fully saturated rings. The fraction of sp³-hybridized carbons (Fsp3) is 0.130. The van der Waals surface area contributed by atoms with Crippen LogP contribution in [-0.4, -0.2) is 18.4 Å². The Labute approximate surface area is 173 Å². The van der Waals surface area contributed by atoms with Crippen LogP contribution in [-0.2, 0) is 11.2 Å². The van der Waals surface area contributed by atoms with Crippen molar-refractivity contribution in [2.45, 2.75) is 23.1 Å². The zero-order chi connectivity index (χ0) is 20.6. The Kier molecular flexibility index (Phi) is 7.03. The maximum absolute atomic E-state index is 13.1. The number of carbonyl (C=O) groups excluding carboxylic acids is 2. The number of amides is 2. The Balaban J connectivity index is 1.71. The summed E-state index contributed by atoms with van der Waals surface area (Å²) in [6, 6.07) is 21.2. The molecule has 29 heavy (non-hydrogen) atoms. The number of halogens is 1. The van der Waals surface area contributed by atoms with Crippen LogP contribution in [0.25, 0.3) is 0 Å². The van der Waals surface area contributed by atoms with Crippen molar-refractivity contribution in [2.75, 3.05) is 11.9 Å². The second-order valence-electron chi connectivity index (χ2n) is 6.44. The van der Waals surface area contributed by atoms with Crippen molar-refractivity contribution in [1.29, 1.82) is 0 Å². The first-order valence-electron chi connectivity index (χ1n) is 9.18. The number of rotatable bonds is 7. The van der Waals surface area contributed by atoms with Crippen molar-refractivity contribution in [1.82, 2.24) is 5.32 Å². The minimum Gasteiger partial charge on any atom is -0.352 e. The fourth-order valence-corrected chi connectivity index (χ4v) is 3.63. The Hall–Kier alpha value is -3.12. The average molecular weight is 408 g/mol. The van der Waals surface area contributed by atoms with Crippen molar-refractivity contribution < 1.29 is 14.0 Å². The molecule has 0 unspecified atom stereocenters. The third kappa shape index (κ3) is 6.19. The Morgan fingerprint density at radius 1 is 0.966 bits per heavy atom. The molecule has 0 heterocycles. The number of nitrogens with one attached hydrogen (secondary N) is 2. The lowest BCUT2D eigenvalue weighted by Crippen LogP contribution is -2.25. The van der Waals surface area contributed by atoms with Gasteiger partial charge < -0.3 is 10.6 Å². The van der Waals surface area contributed by atoms with E-state index >= 15 is 0 Å². The molecule has 4 nitrogen and oxygen atoms in total. The smallest absolute Gasteiger partial charge is 0.251 e. The standard InChI is InChI=1S/C23H21FN2O2S/c1-16(27)26-21-15-18(23(28)25-14-13-17-5-3-2-4-6-17)7-12-22(21)29-20-10-8-19(24)9-11-20/h2-12,15H,13-14H2,1H3,(H,25,28)(H,26,27). The molecule has 2 amide bonds. The first kappa shape index (κ1) is 20.6. The molecule has 3 aromatic carbocycles. The summed E-state index contributed by atoms with van der Waals surface area (Å²) in [6.45, 7) is 1.93. The van der Waals surface area contributed by atoms with E-state index in [1.165, 1.54) is 30.8 Å². The molecule has 6 heteroatoms. The highest BCUT2D eigenvalue weighted by atomic mass is 32.2. The number of anilines is 1. The Morgan fingerprint density at radius 2 is 1.69 bits per heavy atom. The van der Waals surface area contributed by atoms with Crippen LogP contribution in [0.4, 0.5) is 10.1 Å². The van der Waals surface area contributed by atoms with Gasteiger partial charge in [0, 0.05) is 28.8 Å². The highest BCUT2D eigenvalue weighted by Gasteiger charge is 2.12. The normalized spacial score (nSPS) is 10.4. The zero-order valence-corrected chi connectivity index (χ0v) is 16.8. The van der Waals surface area contributed by atoms with Crippen LogP contribution < -0.4 is 10.6 Å². The molecule has 148 valence electrons. The molecule has 0 saturated heterocycles. The summed E-state index contributed by atoms with van der Waals surface area (Å²) >= 11 is 1.39. The molecule has 0 radical (unpaired) electrons. The van der Waals surface area contributed by atoms with Gasteiger partial charge in [-0.2, -0.15) is 0 Å². The lowest BCUT2D eigenvalue weighted by atomic mass is 10.1. The molecule has 0 aliphatic rings. The van der Waals surface area contributed by atoms with Gasteiger partial charge in [0.25, 0.3) is 5.91 Å². The summed E-state index contributed by atoms with van der Waals surface area (Å²) < 4.78 is 13.1. The molecule has 3 rings (SSSR count). The highest BCUT2D eigenvalue weighted by Crippen LogP contribution is 2.34. The van der Waals surface area contributed by atoms with E-state index in [9.17, 15) is 14.0 Å². The van der Waals surface area contributed by atoms with Gasteiger partial charge in [-0.15, -0.1) is 0 Å². The van der Waals surface area contributed by atoms with Crippen molar-refractivity contribution in [3.05, 3.63) is 89.7 Å².